The van der Waals surface area contributed by atoms with Crippen molar-refractivity contribution in [1.82, 2.24) is 0 Å². The first-order valence-electron chi connectivity index (χ1n) is 8.00. The van der Waals surface area contributed by atoms with Gasteiger partial charge in [0.15, 0.2) is 0 Å². The highest BCUT2D eigenvalue weighted by Gasteiger charge is 2.32. The number of benzene rings is 2. The van der Waals surface area contributed by atoms with Gasteiger partial charge in [-0.25, -0.2) is 13.8 Å². The molecule has 0 saturated carbocycles. The normalized spacial score (nSPS) is 18.7. The maximum atomic E-state index is 14.6. The lowest BCUT2D eigenvalue weighted by Crippen LogP contribution is -2.38. The monoisotopic (exact) mass is 435 g/mol. The molecule has 4 rings (SSSR count). The highest BCUT2D eigenvalue weighted by molar-refractivity contribution is 9.10. The lowest BCUT2D eigenvalue weighted by molar-refractivity contribution is 0.579. The summed E-state index contributed by atoms with van der Waals surface area (Å²) < 4.78 is 29.7. The predicted octanol–water partition coefficient (Wildman–Crippen LogP) is 5.35. The molecule has 132 valence electrons. The number of hydrogen-bond acceptors (Lipinski definition) is 3. The Hall–Kier alpha value is -2.05. The van der Waals surface area contributed by atoms with Crippen molar-refractivity contribution in [2.75, 3.05) is 11.4 Å². The molecule has 0 unspecified atom stereocenters. The van der Waals surface area contributed by atoms with Crippen molar-refractivity contribution in [1.29, 1.82) is 0 Å². The molecule has 7 heteroatoms. The van der Waals surface area contributed by atoms with Crippen LogP contribution in [0.3, 0.4) is 0 Å². The van der Waals surface area contributed by atoms with Crippen molar-refractivity contribution in [3.05, 3.63) is 74.9 Å². The maximum Gasteiger partial charge on any atom is 0.135 e. The van der Waals surface area contributed by atoms with Gasteiger partial charge in [0.2, 0.25) is 0 Å². The van der Waals surface area contributed by atoms with Crippen LogP contribution in [-0.4, -0.2) is 24.1 Å². The number of rotatable bonds is 1. The summed E-state index contributed by atoms with van der Waals surface area (Å²) >= 11 is 9.77. The van der Waals surface area contributed by atoms with Crippen molar-refractivity contribution < 1.29 is 8.78 Å². The van der Waals surface area contributed by atoms with Gasteiger partial charge in [-0.1, -0.05) is 17.7 Å². The van der Waals surface area contributed by atoms with E-state index in [1.165, 1.54) is 18.2 Å². The van der Waals surface area contributed by atoms with Gasteiger partial charge in [0.1, 0.15) is 23.5 Å². The Bertz CT molecular complexity index is 980. The number of nitrogens with zero attached hydrogens (tertiary/aromatic N) is 3. The van der Waals surface area contributed by atoms with Crippen LogP contribution in [0.5, 0.6) is 0 Å². The average Bonchev–Trinajstić information content (AvgIpc) is 2.74. The second-order valence-electron chi connectivity index (χ2n) is 5.99. The largest absolute Gasteiger partial charge is 0.323 e. The first kappa shape index (κ1) is 17.4. The van der Waals surface area contributed by atoms with Crippen LogP contribution in [0, 0.1) is 11.6 Å². The van der Waals surface area contributed by atoms with Gasteiger partial charge in [-0.2, -0.15) is 0 Å². The van der Waals surface area contributed by atoms with Crippen molar-refractivity contribution in [2.45, 2.75) is 13.0 Å². The molecule has 2 aromatic carbocycles. The molecule has 0 N–H and O–H groups in total. The summed E-state index contributed by atoms with van der Waals surface area (Å²) in [7, 11) is 0. The molecule has 0 aromatic heterocycles. The highest BCUT2D eigenvalue weighted by atomic mass is 79.9. The second-order valence-corrected chi connectivity index (χ2v) is 7.19. The van der Waals surface area contributed by atoms with Gasteiger partial charge in [-0.05, 0) is 53.2 Å². The zero-order valence-electron chi connectivity index (χ0n) is 13.7. The topological polar surface area (TPSA) is 28.0 Å². The minimum atomic E-state index is -0.672. The number of fused-ring (bicyclic) bond motifs is 3. The molecule has 2 heterocycles. The summed E-state index contributed by atoms with van der Waals surface area (Å²) in [5.74, 6) is -0.628. The van der Waals surface area contributed by atoms with Gasteiger partial charge in [0.25, 0.3) is 0 Å². The Morgan fingerprint density at radius 3 is 2.62 bits per heavy atom. The molecule has 0 amide bonds. The van der Waals surface area contributed by atoms with Crippen LogP contribution in [0.4, 0.5) is 14.5 Å². The van der Waals surface area contributed by atoms with Crippen LogP contribution >= 0.6 is 27.5 Å². The molecular formula is C19H13BrClF2N3. The summed E-state index contributed by atoms with van der Waals surface area (Å²) in [5, 5.41) is 0.439. The van der Waals surface area contributed by atoms with E-state index >= 15 is 0 Å². The Labute approximate surface area is 162 Å². The van der Waals surface area contributed by atoms with Gasteiger partial charge in [-0.3, -0.25) is 4.99 Å². The van der Waals surface area contributed by atoms with Gasteiger partial charge in [0.05, 0.1) is 22.0 Å². The Morgan fingerprint density at radius 1 is 1.15 bits per heavy atom. The summed E-state index contributed by atoms with van der Waals surface area (Å²) in [6, 6.07) is 6.96. The first-order valence-corrected chi connectivity index (χ1v) is 9.17. The molecule has 0 fully saturated rings. The SMILES string of the molecule is C[C@@H]1N=C(c2c(F)cccc2F)c2c(ccc(Cl)c2Br)N2CC=CN=C12. The van der Waals surface area contributed by atoms with E-state index in [0.717, 1.165) is 11.5 Å². The zero-order valence-corrected chi connectivity index (χ0v) is 16.0. The zero-order chi connectivity index (χ0) is 18.4. The molecule has 2 aliphatic heterocycles. The third kappa shape index (κ3) is 2.68. The predicted molar refractivity (Wildman–Crippen MR) is 105 cm³/mol. The molecule has 2 aromatic rings. The van der Waals surface area contributed by atoms with E-state index in [1.54, 1.807) is 12.3 Å². The van der Waals surface area contributed by atoms with Crippen LogP contribution in [0.2, 0.25) is 5.02 Å². The molecule has 26 heavy (non-hydrogen) atoms. The summed E-state index contributed by atoms with van der Waals surface area (Å²) in [6.07, 6.45) is 3.63. The molecule has 0 spiro atoms. The standard InChI is InChI=1S/C19H13BrClF2N3/c1-10-19-24-8-3-9-26(19)14-7-6-11(21)17(20)16(14)18(25-10)15-12(22)4-2-5-13(15)23/h2-8,10H,9H2,1H3/t10-/m0/s1. The van der Waals surface area contributed by atoms with Crippen LogP contribution in [-0.2, 0) is 0 Å². The van der Waals surface area contributed by atoms with Crippen LogP contribution < -0.4 is 4.90 Å². The fourth-order valence-corrected chi connectivity index (χ4v) is 3.90. The van der Waals surface area contributed by atoms with E-state index in [4.69, 9.17) is 11.6 Å². The van der Waals surface area contributed by atoms with Crippen LogP contribution in [0.25, 0.3) is 0 Å². The molecule has 0 aliphatic carbocycles. The molecule has 1 atom stereocenters. The number of halogens is 4. The third-order valence-electron chi connectivity index (χ3n) is 4.37. The van der Waals surface area contributed by atoms with Gasteiger partial charge >= 0.3 is 0 Å². The smallest absolute Gasteiger partial charge is 0.135 e. The maximum absolute atomic E-state index is 14.6. The molecule has 0 radical (unpaired) electrons. The molecule has 0 saturated heterocycles. The van der Waals surface area contributed by atoms with Crippen molar-refractivity contribution in [2.24, 2.45) is 9.98 Å². The minimum absolute atomic E-state index is 0.169. The van der Waals surface area contributed by atoms with E-state index in [2.05, 4.69) is 25.9 Å². The fourth-order valence-electron chi connectivity index (χ4n) is 3.22. The Morgan fingerprint density at radius 2 is 1.88 bits per heavy atom. The molecule has 2 aliphatic rings. The highest BCUT2D eigenvalue weighted by Crippen LogP contribution is 2.39. The van der Waals surface area contributed by atoms with Crippen molar-refractivity contribution in [3.63, 3.8) is 0 Å². The van der Waals surface area contributed by atoms with Gasteiger partial charge in [0, 0.05) is 22.8 Å². The number of anilines is 1. The van der Waals surface area contributed by atoms with E-state index in [0.29, 0.717) is 21.6 Å². The second kappa shape index (κ2) is 6.59. The van der Waals surface area contributed by atoms with Crippen LogP contribution in [0.1, 0.15) is 18.1 Å². The van der Waals surface area contributed by atoms with Crippen molar-refractivity contribution >= 4 is 44.8 Å². The molecule has 0 bridgehead atoms. The summed E-state index contributed by atoms with van der Waals surface area (Å²) in [6.45, 7) is 2.44. The number of aliphatic imine (C=N–C) groups is 2. The fraction of sp³-hybridized carbons (Fsp3) is 0.158. The van der Waals surface area contributed by atoms with Crippen LogP contribution in [0.15, 0.2) is 57.1 Å². The van der Waals surface area contributed by atoms with E-state index in [1.807, 2.05) is 24.0 Å². The summed E-state index contributed by atoms with van der Waals surface area (Å²) in [4.78, 5) is 11.1. The van der Waals surface area contributed by atoms with Crippen molar-refractivity contribution in [3.8, 4) is 0 Å². The number of hydrogen-bond donors (Lipinski definition) is 0. The third-order valence-corrected chi connectivity index (χ3v) is 5.74. The minimum Gasteiger partial charge on any atom is -0.323 e. The summed E-state index contributed by atoms with van der Waals surface area (Å²) in [5.41, 5.74) is 1.34. The van der Waals surface area contributed by atoms with E-state index in [9.17, 15) is 8.78 Å². The van der Waals surface area contributed by atoms with E-state index < -0.39 is 11.6 Å². The Kier molecular flexibility index (Phi) is 4.40. The Balaban J connectivity index is 2.08. The van der Waals surface area contributed by atoms with E-state index in [-0.39, 0.29) is 17.3 Å². The first-order chi connectivity index (χ1) is 12.5. The lowest BCUT2D eigenvalue weighted by Gasteiger charge is -2.28. The van der Waals surface area contributed by atoms with Gasteiger partial charge < -0.3 is 4.90 Å². The average molecular weight is 437 g/mol. The number of amidine groups is 1. The quantitative estimate of drug-likeness (QED) is 0.592. The molecule has 3 nitrogen and oxygen atoms in total. The molecular weight excluding hydrogens is 424 g/mol. The van der Waals surface area contributed by atoms with Gasteiger partial charge in [-0.15, -0.1) is 0 Å². The lowest BCUT2D eigenvalue weighted by atomic mass is 9.99.